The zero-order valence-corrected chi connectivity index (χ0v) is 13.3. The van der Waals surface area contributed by atoms with Gasteiger partial charge in [-0.05, 0) is 36.2 Å². The van der Waals surface area contributed by atoms with Crippen LogP contribution in [0.15, 0.2) is 47.4 Å². The first-order valence-corrected chi connectivity index (χ1v) is 7.81. The van der Waals surface area contributed by atoms with Crippen molar-refractivity contribution in [3.63, 3.8) is 0 Å². The van der Waals surface area contributed by atoms with Gasteiger partial charge in [0.15, 0.2) is 0 Å². The van der Waals surface area contributed by atoms with Gasteiger partial charge in [0.2, 0.25) is 0 Å². The molecule has 4 heteroatoms. The highest BCUT2D eigenvalue weighted by molar-refractivity contribution is 5.48. The zero-order valence-electron chi connectivity index (χ0n) is 13.3. The molecule has 0 unspecified atom stereocenters. The van der Waals surface area contributed by atoms with E-state index in [-0.39, 0.29) is 5.56 Å². The quantitative estimate of drug-likeness (QED) is 0.868. The lowest BCUT2D eigenvalue weighted by molar-refractivity contribution is 0.249. The molecule has 0 amide bonds. The second-order valence-corrected chi connectivity index (χ2v) is 6.09. The number of nitrogens with zero attached hydrogens (tertiary/aromatic N) is 3. The Morgan fingerprint density at radius 1 is 1.05 bits per heavy atom. The smallest absolute Gasteiger partial charge is 0.250 e. The predicted octanol–water partition coefficient (Wildman–Crippen LogP) is 2.02. The predicted molar refractivity (Wildman–Crippen MR) is 90.4 cm³/mol. The SMILES string of the molecule is Cc1cccc(N2CCN(Cc3ccn(C)c(=O)c3)CC2)c1. The molecule has 4 nitrogen and oxygen atoms in total. The molecule has 1 fully saturated rings. The first kappa shape index (κ1) is 14.9. The van der Waals surface area contributed by atoms with Crippen LogP contribution in [0, 0.1) is 6.92 Å². The summed E-state index contributed by atoms with van der Waals surface area (Å²) in [6.07, 6.45) is 1.85. The van der Waals surface area contributed by atoms with Crippen molar-refractivity contribution in [2.75, 3.05) is 31.1 Å². The monoisotopic (exact) mass is 297 g/mol. The average Bonchev–Trinajstić information content (AvgIpc) is 2.52. The van der Waals surface area contributed by atoms with E-state index in [9.17, 15) is 4.79 Å². The van der Waals surface area contributed by atoms with Crippen LogP contribution in [0.5, 0.6) is 0 Å². The highest BCUT2D eigenvalue weighted by Crippen LogP contribution is 2.18. The molecule has 3 rings (SSSR count). The van der Waals surface area contributed by atoms with Gasteiger partial charge in [0.1, 0.15) is 0 Å². The normalized spacial score (nSPS) is 16.0. The van der Waals surface area contributed by atoms with Gasteiger partial charge in [-0.15, -0.1) is 0 Å². The molecule has 1 aromatic heterocycles. The van der Waals surface area contributed by atoms with Gasteiger partial charge >= 0.3 is 0 Å². The maximum Gasteiger partial charge on any atom is 0.250 e. The van der Waals surface area contributed by atoms with E-state index >= 15 is 0 Å². The van der Waals surface area contributed by atoms with Gasteiger partial charge < -0.3 is 9.47 Å². The summed E-state index contributed by atoms with van der Waals surface area (Å²) < 4.78 is 1.61. The van der Waals surface area contributed by atoms with Gasteiger partial charge in [-0.3, -0.25) is 9.69 Å². The number of anilines is 1. The van der Waals surface area contributed by atoms with E-state index in [0.29, 0.717) is 0 Å². The molecule has 0 N–H and O–H groups in total. The number of piperazine rings is 1. The summed E-state index contributed by atoms with van der Waals surface area (Å²) in [6.45, 7) is 7.13. The number of aromatic nitrogens is 1. The number of hydrogen-bond acceptors (Lipinski definition) is 3. The molecular weight excluding hydrogens is 274 g/mol. The third kappa shape index (κ3) is 3.39. The zero-order chi connectivity index (χ0) is 15.5. The summed E-state index contributed by atoms with van der Waals surface area (Å²) in [4.78, 5) is 16.5. The van der Waals surface area contributed by atoms with Crippen molar-refractivity contribution in [2.45, 2.75) is 13.5 Å². The Morgan fingerprint density at radius 3 is 2.50 bits per heavy atom. The van der Waals surface area contributed by atoms with E-state index in [0.717, 1.165) is 38.3 Å². The number of hydrogen-bond donors (Lipinski definition) is 0. The summed E-state index contributed by atoms with van der Waals surface area (Å²) in [5, 5.41) is 0. The average molecular weight is 297 g/mol. The number of rotatable bonds is 3. The molecule has 2 aromatic rings. The third-order valence-corrected chi connectivity index (χ3v) is 4.31. The second kappa shape index (κ2) is 6.36. The molecule has 0 bridgehead atoms. The first-order chi connectivity index (χ1) is 10.6. The Kier molecular flexibility index (Phi) is 4.29. The number of aryl methyl sites for hydroxylation is 2. The van der Waals surface area contributed by atoms with Gasteiger partial charge in [0.05, 0.1) is 0 Å². The molecule has 116 valence electrons. The fourth-order valence-corrected chi connectivity index (χ4v) is 2.93. The molecule has 1 aromatic carbocycles. The number of benzene rings is 1. The van der Waals surface area contributed by atoms with Crippen LogP contribution in [0.3, 0.4) is 0 Å². The van der Waals surface area contributed by atoms with Crippen LogP contribution in [0.4, 0.5) is 5.69 Å². The lowest BCUT2D eigenvalue weighted by Crippen LogP contribution is -2.46. The van der Waals surface area contributed by atoms with Crippen molar-refractivity contribution < 1.29 is 0 Å². The van der Waals surface area contributed by atoms with Crippen molar-refractivity contribution in [3.05, 3.63) is 64.1 Å². The highest BCUT2D eigenvalue weighted by Gasteiger charge is 2.17. The topological polar surface area (TPSA) is 28.5 Å². The fraction of sp³-hybridized carbons (Fsp3) is 0.389. The molecular formula is C18H23N3O. The molecule has 0 atom stereocenters. The van der Waals surface area contributed by atoms with Gasteiger partial charge in [-0.1, -0.05) is 12.1 Å². The van der Waals surface area contributed by atoms with Crippen LogP contribution in [0.1, 0.15) is 11.1 Å². The van der Waals surface area contributed by atoms with E-state index in [1.807, 2.05) is 12.3 Å². The Hall–Kier alpha value is -2.07. The van der Waals surface area contributed by atoms with Gasteiger partial charge in [0.25, 0.3) is 5.56 Å². The molecule has 1 aliphatic rings. The van der Waals surface area contributed by atoms with Crippen molar-refractivity contribution in [2.24, 2.45) is 7.05 Å². The molecule has 0 saturated carbocycles. The van der Waals surface area contributed by atoms with Gasteiger partial charge in [-0.2, -0.15) is 0 Å². The summed E-state index contributed by atoms with van der Waals surface area (Å²) in [5.74, 6) is 0. The molecule has 1 aliphatic heterocycles. The lowest BCUT2D eigenvalue weighted by atomic mass is 10.2. The Morgan fingerprint density at radius 2 is 1.82 bits per heavy atom. The Bertz CT molecular complexity index is 699. The number of pyridine rings is 1. The van der Waals surface area contributed by atoms with E-state index in [4.69, 9.17) is 0 Å². The van der Waals surface area contributed by atoms with Gasteiger partial charge in [0, 0.05) is 57.7 Å². The third-order valence-electron chi connectivity index (χ3n) is 4.31. The minimum Gasteiger partial charge on any atom is -0.369 e. The van der Waals surface area contributed by atoms with E-state index in [2.05, 4.69) is 41.0 Å². The molecule has 2 heterocycles. The maximum absolute atomic E-state index is 11.7. The molecule has 0 radical (unpaired) electrons. The summed E-state index contributed by atoms with van der Waals surface area (Å²) in [6, 6.07) is 12.5. The van der Waals surface area contributed by atoms with E-state index < -0.39 is 0 Å². The van der Waals surface area contributed by atoms with Crippen LogP contribution < -0.4 is 10.5 Å². The first-order valence-electron chi connectivity index (χ1n) is 7.81. The minimum atomic E-state index is 0.0656. The van der Waals surface area contributed by atoms with Crippen LogP contribution >= 0.6 is 0 Å². The fourth-order valence-electron chi connectivity index (χ4n) is 2.93. The van der Waals surface area contributed by atoms with E-state index in [1.54, 1.807) is 17.7 Å². The van der Waals surface area contributed by atoms with Crippen molar-refractivity contribution in [1.82, 2.24) is 9.47 Å². The van der Waals surface area contributed by atoms with Crippen molar-refractivity contribution >= 4 is 5.69 Å². The van der Waals surface area contributed by atoms with Crippen molar-refractivity contribution in [3.8, 4) is 0 Å². The summed E-state index contributed by atoms with van der Waals surface area (Å²) in [5.41, 5.74) is 3.79. The standard InChI is InChI=1S/C18H23N3O/c1-15-4-3-5-17(12-15)21-10-8-20(9-11-21)14-16-6-7-19(2)18(22)13-16/h3-7,12-13H,8-11,14H2,1-2H3. The lowest BCUT2D eigenvalue weighted by Gasteiger charge is -2.36. The van der Waals surface area contributed by atoms with Crippen LogP contribution in [0.2, 0.25) is 0 Å². The van der Waals surface area contributed by atoms with Gasteiger partial charge in [-0.25, -0.2) is 0 Å². The van der Waals surface area contributed by atoms with E-state index in [1.165, 1.54) is 11.3 Å². The van der Waals surface area contributed by atoms with Crippen LogP contribution in [-0.4, -0.2) is 35.6 Å². The highest BCUT2D eigenvalue weighted by atomic mass is 16.1. The molecule has 0 spiro atoms. The maximum atomic E-state index is 11.7. The minimum absolute atomic E-state index is 0.0656. The molecule has 1 saturated heterocycles. The van der Waals surface area contributed by atoms with Crippen molar-refractivity contribution in [1.29, 1.82) is 0 Å². The Labute approximate surface area is 131 Å². The van der Waals surface area contributed by atoms with Crippen LogP contribution in [0.25, 0.3) is 0 Å². The summed E-state index contributed by atoms with van der Waals surface area (Å²) >= 11 is 0. The Balaban J connectivity index is 1.59. The molecule has 0 aliphatic carbocycles. The largest absolute Gasteiger partial charge is 0.369 e. The van der Waals surface area contributed by atoms with Crippen LogP contribution in [-0.2, 0) is 13.6 Å². The molecule has 22 heavy (non-hydrogen) atoms. The summed E-state index contributed by atoms with van der Waals surface area (Å²) in [7, 11) is 1.78. The second-order valence-electron chi connectivity index (χ2n) is 6.09.